The molecule has 0 fully saturated rings. The third-order valence-electron chi connectivity index (χ3n) is 8.06. The summed E-state index contributed by atoms with van der Waals surface area (Å²) in [6.45, 7) is 4.12. The number of rotatable bonds is 33. The van der Waals surface area contributed by atoms with Crippen LogP contribution in [0.3, 0.4) is 0 Å². The summed E-state index contributed by atoms with van der Waals surface area (Å²) in [4.78, 5) is 24.1. The van der Waals surface area contributed by atoms with Gasteiger partial charge in [-0.05, 0) is 38.5 Å². The SMILES string of the molecule is CCCCCCCC/C=C/CCCCCCCCCC(=O)OC[C@H](CO)OC(=O)CCCCCCCCCCCCC. The summed E-state index contributed by atoms with van der Waals surface area (Å²) in [7, 11) is 0. The molecular weight excluding hydrogens is 524 g/mol. The van der Waals surface area contributed by atoms with Crippen molar-refractivity contribution in [2.75, 3.05) is 13.2 Å². The van der Waals surface area contributed by atoms with Gasteiger partial charge in [0.1, 0.15) is 6.61 Å². The molecule has 0 aliphatic rings. The normalized spacial score (nSPS) is 12.2. The largest absolute Gasteiger partial charge is 0.462 e. The van der Waals surface area contributed by atoms with Gasteiger partial charge in [0, 0.05) is 12.8 Å². The molecule has 0 unspecified atom stereocenters. The quantitative estimate of drug-likeness (QED) is 0.0465. The summed E-state index contributed by atoms with van der Waals surface area (Å²) in [6, 6.07) is 0. The van der Waals surface area contributed by atoms with E-state index in [9.17, 15) is 14.7 Å². The molecule has 0 saturated carbocycles. The Morgan fingerprint density at radius 3 is 1.29 bits per heavy atom. The van der Waals surface area contributed by atoms with Crippen molar-refractivity contribution in [1.29, 1.82) is 0 Å². The molecule has 5 nitrogen and oxygen atoms in total. The van der Waals surface area contributed by atoms with Gasteiger partial charge in [-0.25, -0.2) is 0 Å². The number of carbonyl (C=O) groups is 2. The van der Waals surface area contributed by atoms with Crippen LogP contribution >= 0.6 is 0 Å². The molecule has 0 amide bonds. The molecule has 1 N–H and O–H groups in total. The minimum Gasteiger partial charge on any atom is -0.462 e. The van der Waals surface area contributed by atoms with Gasteiger partial charge in [-0.1, -0.05) is 154 Å². The lowest BCUT2D eigenvalue weighted by molar-refractivity contribution is -0.161. The predicted molar refractivity (Wildman–Crippen MR) is 178 cm³/mol. The highest BCUT2D eigenvalue weighted by molar-refractivity contribution is 5.70. The number of carbonyl (C=O) groups excluding carboxylic acids is 2. The summed E-state index contributed by atoms with van der Waals surface area (Å²) >= 11 is 0. The van der Waals surface area contributed by atoms with E-state index in [2.05, 4.69) is 26.0 Å². The van der Waals surface area contributed by atoms with Crippen LogP contribution in [0.25, 0.3) is 0 Å². The standard InChI is InChI=1S/C37H70O5/c1-3-5-7-9-11-13-15-16-17-18-19-20-22-23-25-27-29-31-36(39)41-34-35(33-38)42-37(40)32-30-28-26-24-21-14-12-10-8-6-4-2/h16-17,35,38H,3-15,18-34H2,1-2H3/b17-16+/t35-/m0/s1. The first-order valence-electron chi connectivity index (χ1n) is 18.2. The van der Waals surface area contributed by atoms with Gasteiger partial charge in [-0.3, -0.25) is 9.59 Å². The van der Waals surface area contributed by atoms with Crippen molar-refractivity contribution < 1.29 is 24.2 Å². The average Bonchev–Trinajstić information content (AvgIpc) is 2.99. The fourth-order valence-electron chi connectivity index (χ4n) is 5.25. The first-order chi connectivity index (χ1) is 20.6. The predicted octanol–water partition coefficient (Wildman–Crippen LogP) is 11.0. The van der Waals surface area contributed by atoms with E-state index in [0.717, 1.165) is 38.5 Å². The van der Waals surface area contributed by atoms with Crippen LogP contribution in [0, 0.1) is 0 Å². The van der Waals surface area contributed by atoms with E-state index in [4.69, 9.17) is 9.47 Å². The van der Waals surface area contributed by atoms with E-state index < -0.39 is 6.10 Å². The summed E-state index contributed by atoms with van der Waals surface area (Å²) in [5.74, 6) is -0.590. The van der Waals surface area contributed by atoms with Crippen molar-refractivity contribution in [3.05, 3.63) is 12.2 Å². The molecule has 0 radical (unpaired) electrons. The first-order valence-corrected chi connectivity index (χ1v) is 18.2. The van der Waals surface area contributed by atoms with Crippen LogP contribution in [0.1, 0.15) is 194 Å². The minimum absolute atomic E-state index is 0.0628. The van der Waals surface area contributed by atoms with E-state index in [-0.39, 0.29) is 25.2 Å². The lowest BCUT2D eigenvalue weighted by atomic mass is 10.1. The lowest BCUT2D eigenvalue weighted by Crippen LogP contribution is -2.28. The maximum absolute atomic E-state index is 12.1. The Hall–Kier alpha value is -1.36. The van der Waals surface area contributed by atoms with Crippen LogP contribution in [0.5, 0.6) is 0 Å². The number of hydrogen-bond donors (Lipinski definition) is 1. The van der Waals surface area contributed by atoms with Crippen molar-refractivity contribution in [3.8, 4) is 0 Å². The summed E-state index contributed by atoms with van der Waals surface area (Å²) in [5.41, 5.74) is 0. The Morgan fingerprint density at radius 2 is 0.881 bits per heavy atom. The van der Waals surface area contributed by atoms with Gasteiger partial charge in [-0.15, -0.1) is 0 Å². The summed E-state index contributed by atoms with van der Waals surface area (Å²) in [6.07, 6.45) is 36.9. The molecule has 0 saturated heterocycles. The van der Waals surface area contributed by atoms with Crippen LogP contribution < -0.4 is 0 Å². The molecule has 248 valence electrons. The van der Waals surface area contributed by atoms with E-state index >= 15 is 0 Å². The molecule has 0 aromatic carbocycles. The number of ether oxygens (including phenoxy) is 2. The number of aliphatic hydroxyl groups excluding tert-OH is 1. The molecule has 1 atom stereocenters. The number of unbranched alkanes of at least 4 members (excludes halogenated alkanes) is 23. The van der Waals surface area contributed by atoms with Crippen LogP contribution in [-0.2, 0) is 19.1 Å². The van der Waals surface area contributed by atoms with Gasteiger partial charge < -0.3 is 14.6 Å². The van der Waals surface area contributed by atoms with Gasteiger partial charge in [0.2, 0.25) is 0 Å². The van der Waals surface area contributed by atoms with E-state index in [1.165, 1.54) is 128 Å². The van der Waals surface area contributed by atoms with Gasteiger partial charge in [-0.2, -0.15) is 0 Å². The Morgan fingerprint density at radius 1 is 0.524 bits per heavy atom. The maximum Gasteiger partial charge on any atom is 0.306 e. The molecule has 0 bridgehead atoms. The van der Waals surface area contributed by atoms with E-state index in [1.54, 1.807) is 0 Å². The zero-order chi connectivity index (χ0) is 30.8. The van der Waals surface area contributed by atoms with Gasteiger partial charge in [0.25, 0.3) is 0 Å². The second kappa shape index (κ2) is 34.1. The number of aliphatic hydroxyl groups is 1. The van der Waals surface area contributed by atoms with Crippen LogP contribution in [0.4, 0.5) is 0 Å². The van der Waals surface area contributed by atoms with Crippen molar-refractivity contribution >= 4 is 11.9 Å². The molecule has 5 heteroatoms. The number of hydrogen-bond acceptors (Lipinski definition) is 5. The van der Waals surface area contributed by atoms with E-state index in [0.29, 0.717) is 12.8 Å². The van der Waals surface area contributed by atoms with Crippen molar-refractivity contribution in [3.63, 3.8) is 0 Å². The Labute approximate surface area is 261 Å². The van der Waals surface area contributed by atoms with Crippen LogP contribution in [-0.4, -0.2) is 36.4 Å². The zero-order valence-corrected chi connectivity index (χ0v) is 28.0. The summed E-state index contributed by atoms with van der Waals surface area (Å²) < 4.78 is 10.6. The summed E-state index contributed by atoms with van der Waals surface area (Å²) in [5, 5.41) is 9.51. The van der Waals surface area contributed by atoms with Crippen LogP contribution in [0.15, 0.2) is 12.2 Å². The third-order valence-corrected chi connectivity index (χ3v) is 8.06. The fourth-order valence-corrected chi connectivity index (χ4v) is 5.25. The third kappa shape index (κ3) is 31.6. The van der Waals surface area contributed by atoms with Gasteiger partial charge in [0.15, 0.2) is 6.10 Å². The van der Waals surface area contributed by atoms with Crippen molar-refractivity contribution in [2.45, 2.75) is 200 Å². The molecule has 0 heterocycles. The second-order valence-corrected chi connectivity index (χ2v) is 12.3. The van der Waals surface area contributed by atoms with Crippen LogP contribution in [0.2, 0.25) is 0 Å². The smallest absolute Gasteiger partial charge is 0.306 e. The van der Waals surface area contributed by atoms with Crippen molar-refractivity contribution in [1.82, 2.24) is 0 Å². The topological polar surface area (TPSA) is 72.8 Å². The molecule has 0 aromatic rings. The first kappa shape index (κ1) is 40.6. The zero-order valence-electron chi connectivity index (χ0n) is 28.0. The molecule has 0 aliphatic heterocycles. The number of esters is 2. The lowest BCUT2D eigenvalue weighted by Gasteiger charge is -2.15. The molecule has 0 aromatic heterocycles. The highest BCUT2D eigenvalue weighted by atomic mass is 16.6. The average molecular weight is 595 g/mol. The Balaban J connectivity index is 3.53. The van der Waals surface area contributed by atoms with E-state index in [1.807, 2.05) is 0 Å². The van der Waals surface area contributed by atoms with Crippen molar-refractivity contribution in [2.24, 2.45) is 0 Å². The molecule has 42 heavy (non-hydrogen) atoms. The van der Waals surface area contributed by atoms with Gasteiger partial charge >= 0.3 is 11.9 Å². The molecular formula is C37H70O5. The Kier molecular flexibility index (Phi) is 33.0. The molecule has 0 spiro atoms. The second-order valence-electron chi connectivity index (χ2n) is 12.3. The molecule has 0 aliphatic carbocycles. The molecule has 0 rings (SSSR count). The maximum atomic E-state index is 12.1. The van der Waals surface area contributed by atoms with Gasteiger partial charge in [0.05, 0.1) is 6.61 Å². The minimum atomic E-state index is -0.764. The highest BCUT2D eigenvalue weighted by Gasteiger charge is 2.16. The monoisotopic (exact) mass is 595 g/mol. The highest BCUT2D eigenvalue weighted by Crippen LogP contribution is 2.14. The Bertz CT molecular complexity index is 603. The fraction of sp³-hybridized carbons (Fsp3) is 0.892. The number of allylic oxidation sites excluding steroid dienone is 2.